The lowest BCUT2D eigenvalue weighted by Crippen LogP contribution is -1.99. The fourth-order valence-corrected chi connectivity index (χ4v) is 3.30. The van der Waals surface area contributed by atoms with Gasteiger partial charge in [-0.1, -0.05) is 70.2 Å². The number of hydrogen-bond acceptors (Lipinski definition) is 1. The third-order valence-corrected chi connectivity index (χ3v) is 4.81. The highest BCUT2D eigenvalue weighted by Gasteiger charge is 2.30. The van der Waals surface area contributed by atoms with Gasteiger partial charge in [0.05, 0.1) is 0 Å². The molecule has 22 heavy (non-hydrogen) atoms. The fraction of sp³-hybridized carbons (Fsp3) is 0.381. The quantitative estimate of drug-likeness (QED) is 0.714. The van der Waals surface area contributed by atoms with Crippen LogP contribution < -0.4 is 0 Å². The summed E-state index contributed by atoms with van der Waals surface area (Å²) in [6.07, 6.45) is 0.609. The second kappa shape index (κ2) is 5.72. The summed E-state index contributed by atoms with van der Waals surface area (Å²) in [5.74, 6) is 1.54. The van der Waals surface area contributed by atoms with Crippen LogP contribution in [0.2, 0.25) is 0 Å². The van der Waals surface area contributed by atoms with Crippen LogP contribution in [0.4, 0.5) is 0 Å². The van der Waals surface area contributed by atoms with E-state index in [0.717, 1.165) is 5.56 Å². The Morgan fingerprint density at radius 1 is 0.864 bits per heavy atom. The molecule has 114 valence electrons. The Hall–Kier alpha value is -1.89. The first-order valence-electron chi connectivity index (χ1n) is 8.24. The lowest BCUT2D eigenvalue weighted by Gasteiger charge is -2.15. The van der Waals surface area contributed by atoms with Crippen molar-refractivity contribution in [3.8, 4) is 0 Å². The van der Waals surface area contributed by atoms with Crippen LogP contribution in [0.25, 0.3) is 0 Å². The molecule has 0 radical (unpaired) electrons. The maximum Gasteiger partial charge on any atom is 0.164 e. The molecule has 2 aromatic carbocycles. The molecule has 0 bridgehead atoms. The van der Waals surface area contributed by atoms with Crippen LogP contribution in [0, 0.1) is 0 Å². The zero-order valence-corrected chi connectivity index (χ0v) is 13.9. The molecule has 0 saturated heterocycles. The summed E-state index contributed by atoms with van der Waals surface area (Å²) in [6.45, 7) is 8.81. The van der Waals surface area contributed by atoms with E-state index in [4.69, 9.17) is 0 Å². The standard InChI is InChI=1S/C21H24O/c1-13(2)15-5-7-16(8-6-15)19-12-21(22)18-10-9-17(14(3)4)11-20(18)19/h5-11,13-14,19H,12H2,1-4H3. The van der Waals surface area contributed by atoms with Crippen molar-refractivity contribution in [1.29, 1.82) is 0 Å². The van der Waals surface area contributed by atoms with Gasteiger partial charge in [0.15, 0.2) is 5.78 Å². The number of rotatable bonds is 3. The van der Waals surface area contributed by atoms with Crippen LogP contribution in [-0.4, -0.2) is 5.78 Å². The van der Waals surface area contributed by atoms with E-state index in [-0.39, 0.29) is 11.7 Å². The van der Waals surface area contributed by atoms with Gasteiger partial charge in [0, 0.05) is 17.9 Å². The number of carbonyl (C=O) groups excluding carboxylic acids is 1. The summed E-state index contributed by atoms with van der Waals surface area (Å²) in [6, 6.07) is 15.2. The van der Waals surface area contributed by atoms with E-state index in [2.05, 4.69) is 64.1 Å². The molecule has 0 heterocycles. The summed E-state index contributed by atoms with van der Waals surface area (Å²) in [5, 5.41) is 0. The van der Waals surface area contributed by atoms with Crippen molar-refractivity contribution in [2.75, 3.05) is 0 Å². The smallest absolute Gasteiger partial charge is 0.164 e. The molecule has 1 unspecified atom stereocenters. The van der Waals surface area contributed by atoms with Crippen molar-refractivity contribution in [1.82, 2.24) is 0 Å². The summed E-state index contributed by atoms with van der Waals surface area (Å²) >= 11 is 0. The van der Waals surface area contributed by atoms with Crippen LogP contribution in [-0.2, 0) is 0 Å². The van der Waals surface area contributed by atoms with Crippen molar-refractivity contribution < 1.29 is 4.79 Å². The molecular weight excluding hydrogens is 268 g/mol. The molecule has 0 spiro atoms. The normalized spacial score (nSPS) is 17.4. The van der Waals surface area contributed by atoms with E-state index < -0.39 is 0 Å². The van der Waals surface area contributed by atoms with Crippen molar-refractivity contribution >= 4 is 5.78 Å². The second-order valence-electron chi connectivity index (χ2n) is 7.00. The Kier molecular flexibility index (Phi) is 3.90. The van der Waals surface area contributed by atoms with E-state index in [1.54, 1.807) is 0 Å². The SMILES string of the molecule is CC(C)c1ccc(C2CC(=O)c3ccc(C(C)C)cc32)cc1. The van der Waals surface area contributed by atoms with Gasteiger partial charge in [-0.3, -0.25) is 4.79 Å². The van der Waals surface area contributed by atoms with E-state index >= 15 is 0 Å². The maximum absolute atomic E-state index is 12.3. The third kappa shape index (κ3) is 2.61. The largest absolute Gasteiger partial charge is 0.294 e. The van der Waals surface area contributed by atoms with Crippen LogP contribution >= 0.6 is 0 Å². The number of Topliss-reactive ketones (excluding diaryl/α,β-unsaturated/α-hetero) is 1. The van der Waals surface area contributed by atoms with Gasteiger partial charge in [-0.15, -0.1) is 0 Å². The molecule has 0 fully saturated rings. The highest BCUT2D eigenvalue weighted by Crippen LogP contribution is 2.39. The van der Waals surface area contributed by atoms with Gasteiger partial charge in [-0.05, 0) is 34.1 Å². The van der Waals surface area contributed by atoms with Gasteiger partial charge in [-0.2, -0.15) is 0 Å². The number of carbonyl (C=O) groups is 1. The molecular formula is C21H24O. The van der Waals surface area contributed by atoms with Crippen molar-refractivity contribution in [2.45, 2.75) is 51.9 Å². The zero-order valence-electron chi connectivity index (χ0n) is 13.9. The first-order valence-corrected chi connectivity index (χ1v) is 8.24. The van der Waals surface area contributed by atoms with Gasteiger partial charge >= 0.3 is 0 Å². The van der Waals surface area contributed by atoms with Crippen LogP contribution in [0.1, 0.15) is 84.5 Å². The Bertz CT molecular complexity index is 692. The topological polar surface area (TPSA) is 17.1 Å². The van der Waals surface area contributed by atoms with Crippen molar-refractivity contribution in [3.63, 3.8) is 0 Å². The zero-order chi connectivity index (χ0) is 15.9. The van der Waals surface area contributed by atoms with Crippen LogP contribution in [0.15, 0.2) is 42.5 Å². The molecule has 0 amide bonds. The predicted octanol–water partition coefficient (Wildman–Crippen LogP) is 5.65. The highest BCUT2D eigenvalue weighted by atomic mass is 16.1. The molecule has 0 aliphatic heterocycles. The van der Waals surface area contributed by atoms with E-state index in [1.807, 2.05) is 6.07 Å². The van der Waals surface area contributed by atoms with Crippen molar-refractivity contribution in [2.24, 2.45) is 0 Å². The summed E-state index contributed by atoms with van der Waals surface area (Å²) in [7, 11) is 0. The summed E-state index contributed by atoms with van der Waals surface area (Å²) in [4.78, 5) is 12.3. The Balaban J connectivity index is 2.00. The Morgan fingerprint density at radius 3 is 2.05 bits per heavy atom. The Morgan fingerprint density at radius 2 is 1.45 bits per heavy atom. The molecule has 1 aliphatic carbocycles. The lowest BCUT2D eigenvalue weighted by molar-refractivity contribution is 0.0991. The number of hydrogen-bond donors (Lipinski definition) is 0. The average Bonchev–Trinajstić information content (AvgIpc) is 2.84. The van der Waals surface area contributed by atoms with Gasteiger partial charge in [-0.25, -0.2) is 0 Å². The third-order valence-electron chi connectivity index (χ3n) is 4.81. The van der Waals surface area contributed by atoms with Crippen LogP contribution in [0.5, 0.6) is 0 Å². The number of benzene rings is 2. The molecule has 1 nitrogen and oxygen atoms in total. The minimum atomic E-state index is 0.224. The predicted molar refractivity (Wildman–Crippen MR) is 91.9 cm³/mol. The monoisotopic (exact) mass is 292 g/mol. The minimum absolute atomic E-state index is 0.224. The van der Waals surface area contributed by atoms with E-state index in [1.165, 1.54) is 22.3 Å². The average molecular weight is 292 g/mol. The number of ketones is 1. The number of fused-ring (bicyclic) bond motifs is 1. The highest BCUT2D eigenvalue weighted by molar-refractivity contribution is 6.02. The van der Waals surface area contributed by atoms with Gasteiger partial charge in [0.1, 0.15) is 0 Å². The van der Waals surface area contributed by atoms with Gasteiger partial charge < -0.3 is 0 Å². The fourth-order valence-electron chi connectivity index (χ4n) is 3.30. The summed E-state index contributed by atoms with van der Waals surface area (Å²) in [5.41, 5.74) is 6.06. The molecule has 2 aromatic rings. The second-order valence-corrected chi connectivity index (χ2v) is 7.00. The van der Waals surface area contributed by atoms with E-state index in [9.17, 15) is 4.79 Å². The molecule has 0 N–H and O–H groups in total. The molecule has 1 heteroatoms. The summed E-state index contributed by atoms with van der Waals surface area (Å²) < 4.78 is 0. The van der Waals surface area contributed by atoms with Crippen molar-refractivity contribution in [3.05, 3.63) is 70.3 Å². The molecule has 0 aromatic heterocycles. The minimum Gasteiger partial charge on any atom is -0.294 e. The lowest BCUT2D eigenvalue weighted by atomic mass is 9.89. The molecule has 3 rings (SSSR count). The molecule has 1 atom stereocenters. The van der Waals surface area contributed by atoms with Gasteiger partial charge in [0.25, 0.3) is 0 Å². The maximum atomic E-state index is 12.3. The van der Waals surface area contributed by atoms with E-state index in [0.29, 0.717) is 18.3 Å². The van der Waals surface area contributed by atoms with Crippen LogP contribution in [0.3, 0.4) is 0 Å². The first-order chi connectivity index (χ1) is 10.5. The molecule has 1 aliphatic rings. The Labute approximate surface area is 133 Å². The molecule has 0 saturated carbocycles. The first kappa shape index (κ1) is 15.0. The van der Waals surface area contributed by atoms with Gasteiger partial charge in [0.2, 0.25) is 0 Å².